The SMILES string of the molecule is Cc1cn2c(=O)c(C(=O)Nc3ccc(Br)cc3C)cnc2s1. The molecule has 22 heavy (non-hydrogen) atoms. The summed E-state index contributed by atoms with van der Waals surface area (Å²) in [4.78, 5) is 30.4. The first-order valence-corrected chi connectivity index (χ1v) is 8.12. The molecule has 0 aliphatic carbocycles. The second-order valence-electron chi connectivity index (χ2n) is 4.88. The number of benzene rings is 1. The molecule has 0 aliphatic rings. The van der Waals surface area contributed by atoms with Crippen molar-refractivity contribution in [2.45, 2.75) is 13.8 Å². The van der Waals surface area contributed by atoms with Gasteiger partial charge in [0.2, 0.25) is 0 Å². The van der Waals surface area contributed by atoms with E-state index in [1.165, 1.54) is 21.9 Å². The van der Waals surface area contributed by atoms with Gasteiger partial charge in [-0.1, -0.05) is 15.9 Å². The molecule has 3 rings (SSSR count). The van der Waals surface area contributed by atoms with Gasteiger partial charge < -0.3 is 5.32 Å². The largest absolute Gasteiger partial charge is 0.322 e. The van der Waals surface area contributed by atoms with Crippen LogP contribution in [0.15, 0.2) is 39.9 Å². The zero-order valence-electron chi connectivity index (χ0n) is 11.9. The molecule has 0 bridgehead atoms. The molecular formula is C15H12BrN3O2S. The minimum absolute atomic E-state index is 0.0256. The normalized spacial score (nSPS) is 10.9. The van der Waals surface area contributed by atoms with Crippen LogP contribution in [0.4, 0.5) is 5.69 Å². The Morgan fingerprint density at radius 1 is 1.36 bits per heavy atom. The maximum atomic E-state index is 12.4. The van der Waals surface area contributed by atoms with Gasteiger partial charge in [0.25, 0.3) is 11.5 Å². The van der Waals surface area contributed by atoms with Crippen LogP contribution < -0.4 is 10.9 Å². The molecule has 3 aromatic rings. The molecule has 1 N–H and O–H groups in total. The van der Waals surface area contributed by atoms with Crippen molar-refractivity contribution < 1.29 is 4.79 Å². The number of thiazole rings is 1. The van der Waals surface area contributed by atoms with Crippen LogP contribution in [0, 0.1) is 13.8 Å². The molecule has 7 heteroatoms. The Morgan fingerprint density at radius 3 is 2.86 bits per heavy atom. The predicted octanol–water partition coefficient (Wildman–Crippen LogP) is 3.39. The molecule has 2 aromatic heterocycles. The number of anilines is 1. The average molecular weight is 378 g/mol. The van der Waals surface area contributed by atoms with E-state index in [4.69, 9.17) is 0 Å². The molecule has 5 nitrogen and oxygen atoms in total. The molecule has 1 aromatic carbocycles. The third kappa shape index (κ3) is 2.69. The van der Waals surface area contributed by atoms with Crippen LogP contribution in [-0.2, 0) is 0 Å². The van der Waals surface area contributed by atoms with Gasteiger partial charge in [0, 0.05) is 27.4 Å². The number of nitrogens with one attached hydrogen (secondary N) is 1. The number of carbonyl (C=O) groups excluding carboxylic acids is 1. The van der Waals surface area contributed by atoms with Gasteiger partial charge in [0.05, 0.1) is 0 Å². The highest BCUT2D eigenvalue weighted by molar-refractivity contribution is 9.10. The Kier molecular flexibility index (Phi) is 3.84. The minimum atomic E-state index is -0.457. The first-order chi connectivity index (χ1) is 10.5. The van der Waals surface area contributed by atoms with E-state index >= 15 is 0 Å². The topological polar surface area (TPSA) is 63.5 Å². The van der Waals surface area contributed by atoms with E-state index in [1.54, 1.807) is 12.3 Å². The van der Waals surface area contributed by atoms with Crippen molar-refractivity contribution in [2.75, 3.05) is 5.32 Å². The number of hydrogen-bond donors (Lipinski definition) is 1. The van der Waals surface area contributed by atoms with Crippen LogP contribution in [0.5, 0.6) is 0 Å². The number of nitrogens with zero attached hydrogens (tertiary/aromatic N) is 2. The third-order valence-corrected chi connectivity index (χ3v) is 4.61. The van der Waals surface area contributed by atoms with Crippen molar-refractivity contribution in [1.82, 2.24) is 9.38 Å². The molecule has 0 saturated heterocycles. The summed E-state index contributed by atoms with van der Waals surface area (Å²) in [5.74, 6) is -0.457. The third-order valence-electron chi connectivity index (χ3n) is 3.20. The van der Waals surface area contributed by atoms with E-state index in [9.17, 15) is 9.59 Å². The molecule has 112 valence electrons. The van der Waals surface area contributed by atoms with Gasteiger partial charge in [-0.05, 0) is 37.6 Å². The molecule has 0 atom stereocenters. The smallest absolute Gasteiger partial charge is 0.271 e. The van der Waals surface area contributed by atoms with Crippen molar-refractivity contribution in [3.8, 4) is 0 Å². The summed E-state index contributed by atoms with van der Waals surface area (Å²) in [5, 5.41) is 2.76. The average Bonchev–Trinajstić information content (AvgIpc) is 2.84. The van der Waals surface area contributed by atoms with Gasteiger partial charge in [-0.2, -0.15) is 0 Å². The summed E-state index contributed by atoms with van der Waals surface area (Å²) >= 11 is 4.78. The maximum absolute atomic E-state index is 12.4. The Morgan fingerprint density at radius 2 is 2.14 bits per heavy atom. The lowest BCUT2D eigenvalue weighted by molar-refractivity contribution is 0.102. The summed E-state index contributed by atoms with van der Waals surface area (Å²) in [6, 6.07) is 5.51. The molecule has 0 saturated carbocycles. The lowest BCUT2D eigenvalue weighted by atomic mass is 10.2. The van der Waals surface area contributed by atoms with Gasteiger partial charge in [-0.3, -0.25) is 14.0 Å². The second kappa shape index (κ2) is 5.66. The highest BCUT2D eigenvalue weighted by Crippen LogP contribution is 2.20. The number of carbonyl (C=O) groups is 1. The van der Waals surface area contributed by atoms with Crippen LogP contribution in [0.2, 0.25) is 0 Å². The van der Waals surface area contributed by atoms with E-state index in [0.29, 0.717) is 10.6 Å². The zero-order valence-corrected chi connectivity index (χ0v) is 14.3. The van der Waals surface area contributed by atoms with Crippen molar-refractivity contribution in [3.63, 3.8) is 0 Å². The number of aryl methyl sites for hydroxylation is 2. The van der Waals surface area contributed by atoms with Crippen LogP contribution in [0.25, 0.3) is 4.96 Å². The molecule has 0 spiro atoms. The standard InChI is InChI=1S/C15H12BrN3O2S/c1-8-5-10(16)3-4-12(8)18-13(20)11-6-17-15-19(14(11)21)7-9(2)22-15/h3-7H,1-2H3,(H,18,20). The molecule has 0 fully saturated rings. The van der Waals surface area contributed by atoms with Crippen LogP contribution >= 0.6 is 27.3 Å². The van der Waals surface area contributed by atoms with E-state index < -0.39 is 5.91 Å². The molecule has 0 aliphatic heterocycles. The predicted molar refractivity (Wildman–Crippen MR) is 90.9 cm³/mol. The Bertz CT molecular complexity index is 946. The second-order valence-corrected chi connectivity index (χ2v) is 7.01. The molecule has 2 heterocycles. The Labute approximate surface area is 138 Å². The lowest BCUT2D eigenvalue weighted by Gasteiger charge is -2.08. The van der Waals surface area contributed by atoms with E-state index in [2.05, 4.69) is 26.2 Å². The molecule has 1 amide bonds. The maximum Gasteiger partial charge on any atom is 0.271 e. The first-order valence-electron chi connectivity index (χ1n) is 6.51. The summed E-state index contributed by atoms with van der Waals surface area (Å²) in [6.45, 7) is 3.78. The molecule has 0 unspecified atom stereocenters. The van der Waals surface area contributed by atoms with Gasteiger partial charge in [-0.25, -0.2) is 4.98 Å². The van der Waals surface area contributed by atoms with Crippen molar-refractivity contribution >= 4 is 43.8 Å². The molecule has 0 radical (unpaired) electrons. The van der Waals surface area contributed by atoms with Gasteiger partial charge in [-0.15, -0.1) is 11.3 Å². The monoisotopic (exact) mass is 377 g/mol. The number of aromatic nitrogens is 2. The van der Waals surface area contributed by atoms with Gasteiger partial charge in [0.15, 0.2) is 4.96 Å². The summed E-state index contributed by atoms with van der Waals surface area (Å²) in [6.07, 6.45) is 3.02. The fraction of sp³-hybridized carbons (Fsp3) is 0.133. The Balaban J connectivity index is 1.98. The van der Waals surface area contributed by atoms with Crippen LogP contribution in [-0.4, -0.2) is 15.3 Å². The van der Waals surface area contributed by atoms with Crippen molar-refractivity contribution in [1.29, 1.82) is 0 Å². The number of halogens is 1. The zero-order chi connectivity index (χ0) is 15.9. The quantitative estimate of drug-likeness (QED) is 0.744. The van der Waals surface area contributed by atoms with Crippen molar-refractivity contribution in [3.05, 3.63) is 61.4 Å². The lowest BCUT2D eigenvalue weighted by Crippen LogP contribution is -2.26. The number of fused-ring (bicyclic) bond motifs is 1. The molecular weight excluding hydrogens is 366 g/mol. The summed E-state index contributed by atoms with van der Waals surface area (Å²) in [5.41, 5.74) is 1.24. The Hall–Kier alpha value is -1.99. The van der Waals surface area contributed by atoms with Gasteiger partial charge in [0.1, 0.15) is 5.56 Å². The number of amides is 1. The fourth-order valence-corrected chi connectivity index (χ4v) is 3.37. The number of rotatable bonds is 2. The van der Waals surface area contributed by atoms with Crippen LogP contribution in [0.3, 0.4) is 0 Å². The van der Waals surface area contributed by atoms with E-state index in [0.717, 1.165) is 14.9 Å². The summed E-state index contributed by atoms with van der Waals surface area (Å²) in [7, 11) is 0. The van der Waals surface area contributed by atoms with Gasteiger partial charge >= 0.3 is 0 Å². The van der Waals surface area contributed by atoms with E-state index in [1.807, 2.05) is 26.0 Å². The summed E-state index contributed by atoms with van der Waals surface area (Å²) < 4.78 is 2.34. The van der Waals surface area contributed by atoms with Crippen LogP contribution in [0.1, 0.15) is 20.8 Å². The minimum Gasteiger partial charge on any atom is -0.322 e. The van der Waals surface area contributed by atoms with E-state index in [-0.39, 0.29) is 11.1 Å². The van der Waals surface area contributed by atoms with Crippen molar-refractivity contribution in [2.24, 2.45) is 0 Å². The first kappa shape index (κ1) is 14.9. The fourth-order valence-electron chi connectivity index (χ4n) is 2.11. The highest BCUT2D eigenvalue weighted by atomic mass is 79.9. The number of hydrogen-bond acceptors (Lipinski definition) is 4. The highest BCUT2D eigenvalue weighted by Gasteiger charge is 2.15.